The summed E-state index contributed by atoms with van der Waals surface area (Å²) in [7, 11) is -1.75. The van der Waals surface area contributed by atoms with Gasteiger partial charge in [-0.1, -0.05) is 49.2 Å². The topological polar surface area (TPSA) is 63.2 Å². The van der Waals surface area contributed by atoms with Gasteiger partial charge in [0.25, 0.3) is 0 Å². The molecule has 32 heavy (non-hydrogen) atoms. The average molecular weight is 505 g/mol. The molecule has 0 N–H and O–H groups in total. The molecule has 0 fully saturated rings. The maximum absolute atomic E-state index is 12.6. The fraction of sp³-hybridized carbons (Fsp3) is 0.478. The molecule has 2 rings (SSSR count). The van der Waals surface area contributed by atoms with Gasteiger partial charge in [-0.05, 0) is 54.7 Å². The van der Waals surface area contributed by atoms with Gasteiger partial charge >= 0.3 is 7.60 Å². The van der Waals surface area contributed by atoms with E-state index in [0.29, 0.717) is 22.2 Å². The lowest BCUT2D eigenvalue weighted by atomic mass is 9.96. The van der Waals surface area contributed by atoms with Crippen molar-refractivity contribution in [1.82, 2.24) is 0 Å². The second kappa shape index (κ2) is 12.8. The summed E-state index contributed by atoms with van der Waals surface area (Å²) in [6.45, 7) is 8.41. The summed E-state index contributed by atoms with van der Waals surface area (Å²) in [6, 6.07) is 9.32. The minimum Gasteiger partial charge on any atom is -0.481 e. The molecule has 9 heteroatoms. The number of hydrogen-bond acceptors (Lipinski definition) is 6. The Bertz CT molecular complexity index is 902. The molecular formula is C23H31Cl2O6P. The lowest BCUT2D eigenvalue weighted by Gasteiger charge is -2.18. The molecule has 0 unspecified atom stereocenters. The molecule has 0 aromatic heterocycles. The zero-order valence-corrected chi connectivity index (χ0v) is 21.6. The van der Waals surface area contributed by atoms with Crippen molar-refractivity contribution in [3.63, 3.8) is 0 Å². The Hall–Kier alpha value is -1.27. The Morgan fingerprint density at radius 3 is 2.12 bits per heavy atom. The first-order valence-electron chi connectivity index (χ1n) is 10.5. The van der Waals surface area contributed by atoms with Crippen molar-refractivity contribution in [3.8, 4) is 11.5 Å². The Labute approximate surface area is 200 Å². The largest absolute Gasteiger partial charge is 0.481 e. The minimum atomic E-state index is -3.34. The van der Waals surface area contributed by atoms with E-state index >= 15 is 0 Å². The number of methoxy groups -OCH3 is 1. The SMILES string of the molecule is CCOP(=O)(COc1cc(Cl)c(Cc2ccc(OCOC)c(C(C)C)c2)c(Cl)c1)OCC. The second-order valence-corrected chi connectivity index (χ2v) is 10.2. The predicted octanol–water partition coefficient (Wildman–Crippen LogP) is 7.29. The van der Waals surface area contributed by atoms with Crippen molar-refractivity contribution in [2.75, 3.05) is 33.5 Å². The van der Waals surface area contributed by atoms with Crippen molar-refractivity contribution >= 4 is 30.8 Å². The molecule has 0 saturated heterocycles. The number of hydrogen-bond donors (Lipinski definition) is 0. The van der Waals surface area contributed by atoms with Gasteiger partial charge in [0.05, 0.1) is 13.2 Å². The van der Waals surface area contributed by atoms with E-state index in [4.69, 9.17) is 46.5 Å². The number of rotatable bonds is 13. The fourth-order valence-corrected chi connectivity index (χ4v) is 5.03. The zero-order valence-electron chi connectivity index (χ0n) is 19.2. The van der Waals surface area contributed by atoms with Crippen LogP contribution in [0.15, 0.2) is 30.3 Å². The molecule has 0 radical (unpaired) electrons. The van der Waals surface area contributed by atoms with Gasteiger partial charge in [-0.2, -0.15) is 0 Å². The predicted molar refractivity (Wildman–Crippen MR) is 129 cm³/mol. The Morgan fingerprint density at radius 1 is 0.969 bits per heavy atom. The van der Waals surface area contributed by atoms with Gasteiger partial charge in [-0.25, -0.2) is 0 Å². The molecule has 0 heterocycles. The third-order valence-corrected chi connectivity index (χ3v) is 6.99. The zero-order chi connectivity index (χ0) is 23.7. The maximum Gasteiger partial charge on any atom is 0.367 e. The van der Waals surface area contributed by atoms with Crippen LogP contribution in [0.2, 0.25) is 10.0 Å². The standard InChI is InChI=1S/C23H31Cl2O6P/c1-6-30-32(26,31-7-2)15-29-18-12-21(24)20(22(25)13-18)11-17-8-9-23(28-14-27-5)19(10-17)16(3)4/h8-10,12-13,16H,6-7,11,14-15H2,1-5H3. The van der Waals surface area contributed by atoms with Gasteiger partial charge < -0.3 is 23.3 Å². The van der Waals surface area contributed by atoms with Crippen LogP contribution in [0.3, 0.4) is 0 Å². The van der Waals surface area contributed by atoms with Crippen LogP contribution >= 0.6 is 30.8 Å². The summed E-state index contributed by atoms with van der Waals surface area (Å²) in [5, 5.41) is 0.918. The van der Waals surface area contributed by atoms with Gasteiger partial charge in [-0.15, -0.1) is 0 Å². The normalized spacial score (nSPS) is 11.8. The summed E-state index contributed by atoms with van der Waals surface area (Å²) in [5.74, 6) is 1.46. The van der Waals surface area contributed by atoms with Gasteiger partial charge in [-0.3, -0.25) is 4.57 Å². The first-order chi connectivity index (χ1) is 15.2. The third-order valence-electron chi connectivity index (χ3n) is 4.56. The van der Waals surface area contributed by atoms with E-state index in [1.54, 1.807) is 33.1 Å². The van der Waals surface area contributed by atoms with Gasteiger partial charge in [0.2, 0.25) is 0 Å². The van der Waals surface area contributed by atoms with Crippen molar-refractivity contribution in [1.29, 1.82) is 0 Å². The highest BCUT2D eigenvalue weighted by atomic mass is 35.5. The molecule has 0 aliphatic heterocycles. The summed E-state index contributed by atoms with van der Waals surface area (Å²) < 4.78 is 39.4. The van der Waals surface area contributed by atoms with Crippen molar-refractivity contribution < 1.29 is 27.8 Å². The lowest BCUT2D eigenvalue weighted by molar-refractivity contribution is 0.0502. The fourth-order valence-electron chi connectivity index (χ4n) is 3.11. The average Bonchev–Trinajstić information content (AvgIpc) is 2.74. The van der Waals surface area contributed by atoms with Crippen LogP contribution in [-0.4, -0.2) is 33.5 Å². The first-order valence-corrected chi connectivity index (χ1v) is 12.9. The number of ether oxygens (including phenoxy) is 3. The lowest BCUT2D eigenvalue weighted by Crippen LogP contribution is -2.06. The van der Waals surface area contributed by atoms with Crippen LogP contribution in [0.1, 0.15) is 50.3 Å². The van der Waals surface area contributed by atoms with Crippen molar-refractivity contribution in [2.24, 2.45) is 0 Å². The van der Waals surface area contributed by atoms with E-state index in [1.165, 1.54) is 0 Å². The highest BCUT2D eigenvalue weighted by molar-refractivity contribution is 7.53. The van der Waals surface area contributed by atoms with E-state index in [0.717, 1.165) is 22.4 Å². The van der Waals surface area contributed by atoms with E-state index in [9.17, 15) is 4.57 Å². The number of benzene rings is 2. The maximum atomic E-state index is 12.6. The van der Waals surface area contributed by atoms with Gasteiger partial charge in [0, 0.05) is 23.6 Å². The number of halogens is 2. The molecule has 2 aromatic rings. The van der Waals surface area contributed by atoms with E-state index < -0.39 is 7.60 Å². The van der Waals surface area contributed by atoms with Crippen LogP contribution in [0.4, 0.5) is 0 Å². The highest BCUT2D eigenvalue weighted by Crippen LogP contribution is 2.48. The molecule has 0 aliphatic carbocycles. The minimum absolute atomic E-state index is 0.192. The molecular weight excluding hydrogens is 474 g/mol. The monoisotopic (exact) mass is 504 g/mol. The molecule has 178 valence electrons. The van der Waals surface area contributed by atoms with Crippen LogP contribution in [0.25, 0.3) is 0 Å². The van der Waals surface area contributed by atoms with E-state index in [1.807, 2.05) is 12.1 Å². The molecule has 6 nitrogen and oxygen atoms in total. The van der Waals surface area contributed by atoms with Crippen LogP contribution in [-0.2, 0) is 24.8 Å². The molecule has 2 aromatic carbocycles. The van der Waals surface area contributed by atoms with Gasteiger partial charge in [0.1, 0.15) is 11.5 Å². The summed E-state index contributed by atoms with van der Waals surface area (Å²) in [6.07, 6.45) is 0.319. The Morgan fingerprint density at radius 2 is 1.59 bits per heavy atom. The third kappa shape index (κ3) is 7.65. The van der Waals surface area contributed by atoms with Crippen molar-refractivity contribution in [3.05, 3.63) is 57.1 Å². The van der Waals surface area contributed by atoms with Crippen LogP contribution < -0.4 is 9.47 Å². The molecule has 0 amide bonds. The van der Waals surface area contributed by atoms with Crippen LogP contribution in [0, 0.1) is 0 Å². The quantitative estimate of drug-likeness (QED) is 0.210. The molecule has 0 aliphatic rings. The first kappa shape index (κ1) is 27.0. The van der Waals surface area contributed by atoms with Crippen molar-refractivity contribution in [2.45, 2.75) is 40.0 Å². The van der Waals surface area contributed by atoms with Gasteiger partial charge in [0.15, 0.2) is 13.1 Å². The summed E-state index contributed by atoms with van der Waals surface area (Å²) >= 11 is 13.0. The molecule has 0 spiro atoms. The molecule has 0 bridgehead atoms. The Balaban J connectivity index is 2.20. The van der Waals surface area contributed by atoms with Crippen LogP contribution in [0.5, 0.6) is 11.5 Å². The summed E-state index contributed by atoms with van der Waals surface area (Å²) in [4.78, 5) is 0. The second-order valence-electron chi connectivity index (χ2n) is 7.34. The van der Waals surface area contributed by atoms with E-state index in [2.05, 4.69) is 19.9 Å². The summed E-state index contributed by atoms with van der Waals surface area (Å²) in [5.41, 5.74) is 2.90. The smallest absolute Gasteiger partial charge is 0.367 e. The molecule has 0 atom stereocenters. The molecule has 0 saturated carbocycles. The Kier molecular flexibility index (Phi) is 10.8. The highest BCUT2D eigenvalue weighted by Gasteiger charge is 2.25. The van der Waals surface area contributed by atoms with E-state index in [-0.39, 0.29) is 32.3 Å².